The summed E-state index contributed by atoms with van der Waals surface area (Å²) in [6.07, 6.45) is 4.11. The van der Waals surface area contributed by atoms with Gasteiger partial charge in [-0.2, -0.15) is 16.9 Å². The van der Waals surface area contributed by atoms with Gasteiger partial charge < -0.3 is 5.32 Å². The fraction of sp³-hybridized carbons (Fsp3) is 0.750. The van der Waals surface area contributed by atoms with Crippen molar-refractivity contribution in [1.82, 2.24) is 15.1 Å². The average molecular weight is 274 g/mol. The van der Waals surface area contributed by atoms with Crippen LogP contribution < -0.4 is 5.32 Å². The van der Waals surface area contributed by atoms with Gasteiger partial charge in [-0.15, -0.1) is 0 Å². The van der Waals surface area contributed by atoms with Gasteiger partial charge in [0.05, 0.1) is 16.4 Å². The highest BCUT2D eigenvalue weighted by molar-refractivity contribution is 7.99. The highest BCUT2D eigenvalue weighted by Gasteiger charge is 2.15. The van der Waals surface area contributed by atoms with E-state index in [1.165, 1.54) is 25.0 Å². The van der Waals surface area contributed by atoms with Crippen LogP contribution in [0.1, 0.15) is 30.7 Å². The van der Waals surface area contributed by atoms with Crippen LogP contribution in [-0.4, -0.2) is 27.3 Å². The Morgan fingerprint density at radius 3 is 2.94 bits per heavy atom. The summed E-state index contributed by atoms with van der Waals surface area (Å²) < 4.78 is 1.87. The molecule has 0 saturated carbocycles. The normalized spacial score (nSPS) is 20.8. The number of halogens is 1. The standard InChI is InChI=1S/C12H20ClN3S/c1-9-12(13)11(16(2)15-9)8-14-7-10-5-3-4-6-17-10/h10,14H,3-8H2,1-2H3. The molecule has 0 radical (unpaired) electrons. The van der Waals surface area contributed by atoms with E-state index in [1.54, 1.807) is 0 Å². The Morgan fingerprint density at radius 2 is 2.35 bits per heavy atom. The summed E-state index contributed by atoms with van der Waals surface area (Å²) in [6.45, 7) is 3.83. The highest BCUT2D eigenvalue weighted by Crippen LogP contribution is 2.24. The minimum Gasteiger partial charge on any atom is -0.310 e. The summed E-state index contributed by atoms with van der Waals surface area (Å²) >= 11 is 8.30. The zero-order chi connectivity index (χ0) is 12.3. The first-order valence-electron chi connectivity index (χ1n) is 6.18. The molecule has 1 aromatic rings. The van der Waals surface area contributed by atoms with E-state index in [-0.39, 0.29) is 0 Å². The second-order valence-corrected chi connectivity index (χ2v) is 6.38. The molecule has 1 N–H and O–H groups in total. The molecule has 1 aliphatic heterocycles. The van der Waals surface area contributed by atoms with Crippen LogP contribution in [0.3, 0.4) is 0 Å². The van der Waals surface area contributed by atoms with Gasteiger partial charge in [-0.05, 0) is 25.5 Å². The molecule has 1 aromatic heterocycles. The molecule has 1 aliphatic rings. The maximum Gasteiger partial charge on any atom is 0.0860 e. The highest BCUT2D eigenvalue weighted by atomic mass is 35.5. The molecule has 1 atom stereocenters. The largest absolute Gasteiger partial charge is 0.310 e. The first-order chi connectivity index (χ1) is 8.18. The number of nitrogens with zero attached hydrogens (tertiary/aromatic N) is 2. The lowest BCUT2D eigenvalue weighted by Gasteiger charge is -2.21. The van der Waals surface area contributed by atoms with Crippen molar-refractivity contribution >= 4 is 23.4 Å². The minimum atomic E-state index is 0.775. The number of aromatic nitrogens is 2. The second-order valence-electron chi connectivity index (χ2n) is 4.59. The molecule has 0 spiro atoms. The van der Waals surface area contributed by atoms with Crippen molar-refractivity contribution in [3.05, 3.63) is 16.4 Å². The molecular weight excluding hydrogens is 254 g/mol. The van der Waals surface area contributed by atoms with Crippen LogP contribution in [0.4, 0.5) is 0 Å². The third kappa shape index (κ3) is 3.39. The topological polar surface area (TPSA) is 29.9 Å². The first-order valence-corrected chi connectivity index (χ1v) is 7.61. The van der Waals surface area contributed by atoms with Gasteiger partial charge in [0.25, 0.3) is 0 Å². The maximum absolute atomic E-state index is 6.21. The molecular formula is C12H20ClN3S. The van der Waals surface area contributed by atoms with Gasteiger partial charge in [0.1, 0.15) is 0 Å². The molecule has 2 rings (SSSR count). The van der Waals surface area contributed by atoms with Crippen LogP contribution in [0.15, 0.2) is 0 Å². The van der Waals surface area contributed by atoms with Gasteiger partial charge in [0.2, 0.25) is 0 Å². The van der Waals surface area contributed by atoms with Crippen molar-refractivity contribution in [3.63, 3.8) is 0 Å². The molecule has 17 heavy (non-hydrogen) atoms. The smallest absolute Gasteiger partial charge is 0.0860 e. The van der Waals surface area contributed by atoms with E-state index in [1.807, 2.05) is 18.7 Å². The lowest BCUT2D eigenvalue weighted by molar-refractivity contribution is 0.577. The van der Waals surface area contributed by atoms with Gasteiger partial charge in [0.15, 0.2) is 0 Å². The summed E-state index contributed by atoms with van der Waals surface area (Å²) in [5.74, 6) is 1.32. The van der Waals surface area contributed by atoms with E-state index in [0.29, 0.717) is 0 Å². The predicted octanol–water partition coefficient (Wildman–Crippen LogP) is 2.76. The van der Waals surface area contributed by atoms with E-state index in [2.05, 4.69) is 22.2 Å². The Labute approximate surface area is 112 Å². The number of hydrogen-bond acceptors (Lipinski definition) is 3. The Bertz CT molecular complexity index is 372. The Balaban J connectivity index is 1.81. The molecule has 0 aromatic carbocycles. The fourth-order valence-electron chi connectivity index (χ4n) is 2.19. The fourth-order valence-corrected chi connectivity index (χ4v) is 3.69. The van der Waals surface area contributed by atoms with Gasteiger partial charge in [0, 0.05) is 25.4 Å². The second kappa shape index (κ2) is 6.12. The van der Waals surface area contributed by atoms with E-state index in [9.17, 15) is 0 Å². The Kier molecular flexibility index (Phi) is 4.77. The van der Waals surface area contributed by atoms with Crippen molar-refractivity contribution in [2.45, 2.75) is 38.0 Å². The number of rotatable bonds is 4. The summed E-state index contributed by atoms with van der Waals surface area (Å²) in [5, 5.41) is 9.39. The third-order valence-electron chi connectivity index (χ3n) is 3.20. The minimum absolute atomic E-state index is 0.775. The first kappa shape index (κ1) is 13.2. The molecule has 0 aliphatic carbocycles. The van der Waals surface area contributed by atoms with E-state index in [4.69, 9.17) is 11.6 Å². The van der Waals surface area contributed by atoms with Gasteiger partial charge >= 0.3 is 0 Å². The summed E-state index contributed by atoms with van der Waals surface area (Å²) in [5.41, 5.74) is 2.00. The van der Waals surface area contributed by atoms with Gasteiger partial charge in [-0.1, -0.05) is 18.0 Å². The van der Waals surface area contributed by atoms with Crippen LogP contribution in [0.5, 0.6) is 0 Å². The van der Waals surface area contributed by atoms with Gasteiger partial charge in [-0.25, -0.2) is 0 Å². The molecule has 1 unspecified atom stereocenters. The number of thioether (sulfide) groups is 1. The van der Waals surface area contributed by atoms with E-state index < -0.39 is 0 Å². The molecule has 2 heterocycles. The summed E-state index contributed by atoms with van der Waals surface area (Å²) in [4.78, 5) is 0. The molecule has 96 valence electrons. The summed E-state index contributed by atoms with van der Waals surface area (Å²) in [7, 11) is 1.95. The SMILES string of the molecule is Cc1nn(C)c(CNCC2CCCCS2)c1Cl. The molecule has 1 fully saturated rings. The monoisotopic (exact) mass is 273 g/mol. The molecule has 3 nitrogen and oxygen atoms in total. The van der Waals surface area contributed by atoms with Crippen LogP contribution in [-0.2, 0) is 13.6 Å². The van der Waals surface area contributed by atoms with Crippen molar-refractivity contribution < 1.29 is 0 Å². The van der Waals surface area contributed by atoms with Crippen LogP contribution in [0.2, 0.25) is 5.02 Å². The quantitative estimate of drug-likeness (QED) is 0.915. The van der Waals surface area contributed by atoms with Crippen molar-refractivity contribution in [1.29, 1.82) is 0 Å². The van der Waals surface area contributed by atoms with Crippen LogP contribution >= 0.6 is 23.4 Å². The van der Waals surface area contributed by atoms with Crippen molar-refractivity contribution in [2.24, 2.45) is 7.05 Å². The molecule has 5 heteroatoms. The average Bonchev–Trinajstić information content (AvgIpc) is 2.57. The number of hydrogen-bond donors (Lipinski definition) is 1. The molecule has 1 saturated heterocycles. The number of aryl methyl sites for hydroxylation is 2. The van der Waals surface area contributed by atoms with Gasteiger partial charge in [-0.3, -0.25) is 4.68 Å². The zero-order valence-corrected chi connectivity index (χ0v) is 12.1. The molecule has 0 amide bonds. The lowest BCUT2D eigenvalue weighted by atomic mass is 10.2. The maximum atomic E-state index is 6.21. The van der Waals surface area contributed by atoms with Crippen LogP contribution in [0.25, 0.3) is 0 Å². The van der Waals surface area contributed by atoms with Crippen molar-refractivity contribution in [3.8, 4) is 0 Å². The summed E-state index contributed by atoms with van der Waals surface area (Å²) in [6, 6.07) is 0. The Morgan fingerprint density at radius 1 is 1.53 bits per heavy atom. The van der Waals surface area contributed by atoms with Crippen molar-refractivity contribution in [2.75, 3.05) is 12.3 Å². The van der Waals surface area contributed by atoms with Crippen LogP contribution in [0, 0.1) is 6.92 Å². The van der Waals surface area contributed by atoms with E-state index in [0.717, 1.165) is 34.7 Å². The predicted molar refractivity (Wildman–Crippen MR) is 74.8 cm³/mol. The lowest BCUT2D eigenvalue weighted by Crippen LogP contribution is -2.27. The Hall–Kier alpha value is -0.190. The molecule has 0 bridgehead atoms. The third-order valence-corrected chi connectivity index (χ3v) is 5.09. The van der Waals surface area contributed by atoms with E-state index >= 15 is 0 Å². The zero-order valence-electron chi connectivity index (χ0n) is 10.5. The number of nitrogens with one attached hydrogen (secondary N) is 1.